The molecule has 3 fully saturated rings. The molecule has 4 rings (SSSR count). The number of phosphoric acid groups is 1. The minimum Gasteiger partial charge on any atom is -0.393 e. The lowest BCUT2D eigenvalue weighted by Gasteiger charge is -2.33. The van der Waals surface area contributed by atoms with Crippen LogP contribution in [0.25, 0.3) is 0 Å². The molecule has 0 radical (unpaired) electrons. The predicted molar refractivity (Wildman–Crippen MR) is 137 cm³/mol. The van der Waals surface area contributed by atoms with Crippen molar-refractivity contribution in [1.82, 2.24) is 9.13 Å². The fourth-order valence-corrected chi connectivity index (χ4v) is 6.65. The molecule has 0 aromatic carbocycles. The molecule has 2 aliphatic heterocycles. The lowest BCUT2D eigenvalue weighted by Crippen LogP contribution is -2.51. The number of nitrogens with zero attached hydrogens (tertiary/aromatic N) is 2. The number of fused-ring (bicyclic) bond motifs is 1. The van der Waals surface area contributed by atoms with Gasteiger partial charge in [-0.05, 0) is 32.6 Å². The fourth-order valence-electron chi connectivity index (χ4n) is 5.46. The third-order valence-electron chi connectivity index (χ3n) is 7.62. The third-order valence-corrected chi connectivity index (χ3v) is 9.05. The molecule has 222 valence electrons. The van der Waals surface area contributed by atoms with Gasteiger partial charge in [0.15, 0.2) is 17.6 Å². The molecule has 0 bridgehead atoms. The van der Waals surface area contributed by atoms with E-state index in [1.165, 1.54) is 6.20 Å². The molecule has 1 saturated carbocycles. The van der Waals surface area contributed by atoms with E-state index in [0.717, 1.165) is 40.9 Å². The highest BCUT2D eigenvalue weighted by molar-refractivity contribution is 7.48. The summed E-state index contributed by atoms with van der Waals surface area (Å²) in [5, 5.41) is 10.2. The number of aliphatic hydroxyl groups is 1. The second-order valence-electron chi connectivity index (χ2n) is 10.6. The van der Waals surface area contributed by atoms with Gasteiger partial charge >= 0.3 is 13.5 Å². The summed E-state index contributed by atoms with van der Waals surface area (Å²) in [6.45, 7) is 3.28. The second-order valence-corrected chi connectivity index (χ2v) is 12.2. The minimum absolute atomic E-state index is 0.120. The number of phosphoric ester groups is 1. The summed E-state index contributed by atoms with van der Waals surface area (Å²) in [7, 11) is -4.07. The highest BCUT2D eigenvalue weighted by Gasteiger charge is 2.72. The van der Waals surface area contributed by atoms with Crippen LogP contribution in [0.15, 0.2) is 21.9 Å². The van der Waals surface area contributed by atoms with Crippen LogP contribution in [0.3, 0.4) is 0 Å². The van der Waals surface area contributed by atoms with Crippen LogP contribution in [0.4, 0.5) is 4.39 Å². The first kappa shape index (κ1) is 30.5. The number of ether oxygens (including phenoxy) is 3. The van der Waals surface area contributed by atoms with Gasteiger partial charge in [-0.2, -0.15) is 0 Å². The van der Waals surface area contributed by atoms with Gasteiger partial charge in [0, 0.05) is 25.1 Å². The molecular weight excluding hydrogens is 538 g/mol. The average molecular weight is 579 g/mol. The Bertz CT molecular complexity index is 1130. The van der Waals surface area contributed by atoms with Crippen LogP contribution >= 0.6 is 7.82 Å². The van der Waals surface area contributed by atoms with Crippen LogP contribution < -0.4 is 11.2 Å². The number of rotatable bonds is 14. The van der Waals surface area contributed by atoms with Gasteiger partial charge < -0.3 is 19.3 Å². The minimum atomic E-state index is -4.07. The number of aliphatic hydroxyl groups excluding tert-OH is 1. The summed E-state index contributed by atoms with van der Waals surface area (Å²) in [5.41, 5.74) is -4.71. The van der Waals surface area contributed by atoms with Gasteiger partial charge in [-0.1, -0.05) is 26.7 Å². The highest BCUT2D eigenvalue weighted by atomic mass is 31.2. The molecule has 39 heavy (non-hydrogen) atoms. The van der Waals surface area contributed by atoms with E-state index in [-0.39, 0.29) is 13.2 Å². The lowest BCUT2D eigenvalue weighted by molar-refractivity contribution is -0.253. The average Bonchev–Trinajstić information content (AvgIpc) is 3.56. The smallest absolute Gasteiger partial charge is 0.393 e. The summed E-state index contributed by atoms with van der Waals surface area (Å²) in [6, 6.07) is 1.11. The van der Waals surface area contributed by atoms with Gasteiger partial charge in [0.05, 0.1) is 19.8 Å². The zero-order valence-electron chi connectivity index (χ0n) is 22.8. The Kier molecular flexibility index (Phi) is 9.55. The zero-order chi connectivity index (χ0) is 28.3. The number of aromatic nitrogens is 2. The van der Waals surface area contributed by atoms with Crippen molar-refractivity contribution in [3.8, 4) is 0 Å². The first-order valence-electron chi connectivity index (χ1n) is 13.7. The van der Waals surface area contributed by atoms with Crippen molar-refractivity contribution in [2.45, 2.75) is 108 Å². The van der Waals surface area contributed by atoms with Crippen molar-refractivity contribution in [3.63, 3.8) is 0 Å². The SMILES string of the molecule is CCCCOP(=O)(OCCCC)OCn1c(=O)ccn([C@@H]2O[C@@](CO)(CF)[C@H]3OC4(CCCC4)O[C@]32C)c1=O. The molecule has 0 unspecified atom stereocenters. The van der Waals surface area contributed by atoms with E-state index in [1.54, 1.807) is 6.92 Å². The molecule has 2 saturated heterocycles. The van der Waals surface area contributed by atoms with Crippen molar-refractivity contribution in [1.29, 1.82) is 0 Å². The Morgan fingerprint density at radius 2 is 1.74 bits per heavy atom. The van der Waals surface area contributed by atoms with Crippen LogP contribution in [-0.2, 0) is 39.1 Å². The predicted octanol–water partition coefficient (Wildman–Crippen LogP) is 3.40. The first-order chi connectivity index (χ1) is 18.6. The van der Waals surface area contributed by atoms with E-state index >= 15 is 0 Å². The van der Waals surface area contributed by atoms with Crippen molar-refractivity contribution in [3.05, 3.63) is 33.1 Å². The van der Waals surface area contributed by atoms with E-state index in [1.807, 2.05) is 13.8 Å². The Morgan fingerprint density at radius 1 is 1.10 bits per heavy atom. The van der Waals surface area contributed by atoms with Gasteiger partial charge in [0.1, 0.15) is 25.1 Å². The van der Waals surface area contributed by atoms with Crippen LogP contribution in [0.5, 0.6) is 0 Å². The maximum atomic E-state index is 14.4. The maximum absolute atomic E-state index is 14.4. The summed E-state index contributed by atoms with van der Waals surface area (Å²) in [4.78, 5) is 26.3. The van der Waals surface area contributed by atoms with Crippen LogP contribution in [0.2, 0.25) is 0 Å². The maximum Gasteiger partial charge on any atom is 0.476 e. The van der Waals surface area contributed by atoms with Crippen molar-refractivity contribution in [2.75, 3.05) is 26.5 Å². The Labute approximate surface area is 226 Å². The highest BCUT2D eigenvalue weighted by Crippen LogP contribution is 2.58. The van der Waals surface area contributed by atoms with Gasteiger partial charge in [-0.25, -0.2) is 18.3 Å². The topological polar surface area (TPSA) is 137 Å². The molecular formula is C25H40FN2O10P. The Hall–Kier alpha value is -1.44. The number of unbranched alkanes of at least 4 members (excludes halogenated alkanes) is 2. The summed E-state index contributed by atoms with van der Waals surface area (Å²) < 4.78 is 64.3. The number of alkyl halides is 1. The van der Waals surface area contributed by atoms with E-state index in [9.17, 15) is 23.7 Å². The largest absolute Gasteiger partial charge is 0.476 e. The molecule has 0 amide bonds. The van der Waals surface area contributed by atoms with E-state index in [4.69, 9.17) is 27.8 Å². The summed E-state index contributed by atoms with van der Waals surface area (Å²) >= 11 is 0. The molecule has 1 aromatic heterocycles. The Balaban J connectivity index is 1.64. The first-order valence-corrected chi connectivity index (χ1v) is 15.2. The van der Waals surface area contributed by atoms with Gasteiger partial charge in [0.25, 0.3) is 5.56 Å². The standard InChI is InChI=1S/C25H40FN2O10P/c1-4-6-14-33-39(32,34-15-7-5-2)35-18-28-19(30)10-13-27(22(28)31)21-23(3)20(24(16-26,17-29)37-21)36-25(38-23)11-8-9-12-25/h10,13,20-21,29H,4-9,11-12,14-18H2,1-3H3/t20-,21+,23+,24+/m0/s1. The normalized spacial score (nSPS) is 29.9. The molecule has 4 atom stereocenters. The second kappa shape index (κ2) is 12.2. The number of halogens is 1. The zero-order valence-corrected chi connectivity index (χ0v) is 23.7. The molecule has 1 spiro atoms. The molecule has 14 heteroatoms. The summed E-state index contributed by atoms with van der Waals surface area (Å²) in [5.74, 6) is -0.962. The lowest BCUT2D eigenvalue weighted by atomic mass is 9.88. The molecule has 1 aliphatic carbocycles. The van der Waals surface area contributed by atoms with Crippen LogP contribution in [0.1, 0.15) is 78.4 Å². The van der Waals surface area contributed by atoms with E-state index in [0.29, 0.717) is 25.7 Å². The van der Waals surface area contributed by atoms with Gasteiger partial charge in [-0.3, -0.25) is 22.9 Å². The number of hydrogen-bond acceptors (Lipinski definition) is 10. The van der Waals surface area contributed by atoms with Gasteiger partial charge in [-0.15, -0.1) is 0 Å². The van der Waals surface area contributed by atoms with Crippen LogP contribution in [-0.4, -0.2) is 63.8 Å². The molecule has 3 aliphatic rings. The molecule has 1 N–H and O–H groups in total. The van der Waals surface area contributed by atoms with Crippen molar-refractivity contribution < 1.29 is 41.8 Å². The van der Waals surface area contributed by atoms with Crippen molar-refractivity contribution in [2.24, 2.45) is 0 Å². The number of hydrogen-bond donors (Lipinski definition) is 1. The summed E-state index contributed by atoms with van der Waals surface area (Å²) in [6.07, 6.45) is 4.69. The van der Waals surface area contributed by atoms with E-state index in [2.05, 4.69) is 0 Å². The monoisotopic (exact) mass is 578 g/mol. The fraction of sp³-hybridized carbons (Fsp3) is 0.840. The molecule has 1 aromatic rings. The molecule has 3 heterocycles. The van der Waals surface area contributed by atoms with Gasteiger partial charge in [0.2, 0.25) is 0 Å². The van der Waals surface area contributed by atoms with E-state index < -0.39 is 68.4 Å². The third kappa shape index (κ3) is 5.83. The van der Waals surface area contributed by atoms with Crippen LogP contribution in [0, 0.1) is 0 Å². The quantitative estimate of drug-likeness (QED) is 0.258. The van der Waals surface area contributed by atoms with Crippen molar-refractivity contribution >= 4 is 7.82 Å². The molecule has 12 nitrogen and oxygen atoms in total. The Morgan fingerprint density at radius 3 is 2.31 bits per heavy atom.